The van der Waals surface area contributed by atoms with Gasteiger partial charge >= 0.3 is 0 Å². The van der Waals surface area contributed by atoms with E-state index in [9.17, 15) is 0 Å². The molecule has 1 saturated carbocycles. The minimum atomic E-state index is 0.606. The van der Waals surface area contributed by atoms with Gasteiger partial charge in [0.2, 0.25) is 0 Å². The molecular weight excluding hydrogens is 274 g/mol. The molecule has 5 nitrogen and oxygen atoms in total. The molecule has 0 amide bonds. The van der Waals surface area contributed by atoms with Crippen LogP contribution in [0.15, 0.2) is 18.2 Å². The van der Waals surface area contributed by atoms with Crippen LogP contribution in [0.2, 0.25) is 5.02 Å². The molecule has 0 unspecified atom stereocenters. The molecule has 2 aromatic rings. The van der Waals surface area contributed by atoms with E-state index in [1.54, 1.807) is 6.07 Å². The number of aryl methyl sites for hydroxylation is 1. The molecule has 1 aliphatic carbocycles. The molecule has 2 N–H and O–H groups in total. The first-order chi connectivity index (χ1) is 9.74. The summed E-state index contributed by atoms with van der Waals surface area (Å²) < 4.78 is 1.85. The summed E-state index contributed by atoms with van der Waals surface area (Å²) in [6, 6.07) is 5.41. The minimum absolute atomic E-state index is 0.606. The molecule has 6 heteroatoms. The molecule has 1 aromatic heterocycles. The zero-order chi connectivity index (χ0) is 13.9. The number of aromatic nitrogens is 4. The lowest BCUT2D eigenvalue weighted by molar-refractivity contribution is 0.436. The van der Waals surface area contributed by atoms with Crippen LogP contribution in [0, 0.1) is 5.92 Å². The lowest BCUT2D eigenvalue weighted by Gasteiger charge is -2.10. The van der Waals surface area contributed by atoms with Crippen LogP contribution in [0.1, 0.15) is 32.1 Å². The van der Waals surface area contributed by atoms with Crippen LogP contribution < -0.4 is 5.73 Å². The van der Waals surface area contributed by atoms with Gasteiger partial charge in [-0.25, -0.2) is 4.68 Å². The topological polar surface area (TPSA) is 69.6 Å². The third-order valence-corrected chi connectivity index (χ3v) is 4.25. The van der Waals surface area contributed by atoms with E-state index < -0.39 is 0 Å². The maximum Gasteiger partial charge on any atom is 0.184 e. The van der Waals surface area contributed by atoms with Crippen LogP contribution in [0.5, 0.6) is 0 Å². The molecule has 1 aliphatic rings. The summed E-state index contributed by atoms with van der Waals surface area (Å²) in [5.74, 6) is 1.53. The fraction of sp³-hybridized carbons (Fsp3) is 0.500. The number of hydrogen-bond acceptors (Lipinski definition) is 4. The fourth-order valence-electron chi connectivity index (χ4n) is 2.89. The molecule has 0 bridgehead atoms. The maximum atomic E-state index is 6.01. The van der Waals surface area contributed by atoms with Gasteiger partial charge in [-0.2, -0.15) is 0 Å². The summed E-state index contributed by atoms with van der Waals surface area (Å²) in [6.45, 7) is 0.842. The van der Waals surface area contributed by atoms with Crippen LogP contribution in [0.4, 0.5) is 5.69 Å². The first-order valence-electron chi connectivity index (χ1n) is 7.05. The second-order valence-electron chi connectivity index (χ2n) is 5.40. The van der Waals surface area contributed by atoms with E-state index in [4.69, 9.17) is 17.3 Å². The Bertz CT molecular complexity index is 589. The van der Waals surface area contributed by atoms with Gasteiger partial charge < -0.3 is 5.73 Å². The summed E-state index contributed by atoms with van der Waals surface area (Å²) in [5, 5.41) is 12.6. The number of nitrogens with two attached hydrogens (primary N) is 1. The maximum absolute atomic E-state index is 6.01. The Labute approximate surface area is 123 Å². The Morgan fingerprint density at radius 1 is 1.30 bits per heavy atom. The van der Waals surface area contributed by atoms with Crippen molar-refractivity contribution in [2.24, 2.45) is 5.92 Å². The quantitative estimate of drug-likeness (QED) is 0.879. The van der Waals surface area contributed by atoms with Crippen molar-refractivity contribution < 1.29 is 0 Å². The molecule has 0 radical (unpaired) electrons. The Balaban J connectivity index is 1.78. The first kappa shape index (κ1) is 13.4. The second kappa shape index (κ2) is 5.79. The van der Waals surface area contributed by atoms with Crippen molar-refractivity contribution in [3.05, 3.63) is 23.2 Å². The predicted octanol–water partition coefficient (Wildman–Crippen LogP) is 3.16. The van der Waals surface area contributed by atoms with Crippen LogP contribution >= 0.6 is 11.6 Å². The Morgan fingerprint density at radius 3 is 2.85 bits per heavy atom. The highest BCUT2D eigenvalue weighted by atomic mass is 35.5. The average Bonchev–Trinajstić information content (AvgIpc) is 3.07. The summed E-state index contributed by atoms with van der Waals surface area (Å²) in [6.07, 6.45) is 6.52. The van der Waals surface area contributed by atoms with Gasteiger partial charge in [-0.3, -0.25) is 0 Å². The Hall–Kier alpha value is -1.62. The predicted molar refractivity (Wildman–Crippen MR) is 79.3 cm³/mol. The Kier molecular flexibility index (Phi) is 3.87. The fourth-order valence-corrected chi connectivity index (χ4v) is 3.07. The van der Waals surface area contributed by atoms with Gasteiger partial charge in [0.15, 0.2) is 5.82 Å². The molecule has 3 rings (SSSR count). The van der Waals surface area contributed by atoms with Crippen molar-refractivity contribution in [3.8, 4) is 11.4 Å². The summed E-state index contributed by atoms with van der Waals surface area (Å²) >= 11 is 5.93. The van der Waals surface area contributed by atoms with Gasteiger partial charge in [-0.05, 0) is 41.0 Å². The molecule has 1 heterocycles. The van der Waals surface area contributed by atoms with Gasteiger partial charge in [0.1, 0.15) is 0 Å². The Morgan fingerprint density at radius 2 is 2.10 bits per heavy atom. The third kappa shape index (κ3) is 2.77. The number of hydrogen-bond donors (Lipinski definition) is 1. The number of nitrogens with zero attached hydrogens (tertiary/aromatic N) is 4. The van der Waals surface area contributed by atoms with Crippen molar-refractivity contribution in [1.82, 2.24) is 20.2 Å². The molecule has 0 atom stereocenters. The third-order valence-electron chi connectivity index (χ3n) is 4.01. The van der Waals surface area contributed by atoms with Crippen LogP contribution in [-0.2, 0) is 6.54 Å². The molecule has 1 fully saturated rings. The van der Waals surface area contributed by atoms with Gasteiger partial charge in [-0.1, -0.05) is 37.3 Å². The highest BCUT2D eigenvalue weighted by Gasteiger charge is 2.17. The van der Waals surface area contributed by atoms with Crippen LogP contribution in [0.25, 0.3) is 11.4 Å². The smallest absolute Gasteiger partial charge is 0.184 e. The largest absolute Gasteiger partial charge is 0.398 e. The average molecular weight is 292 g/mol. The minimum Gasteiger partial charge on any atom is -0.398 e. The first-order valence-corrected chi connectivity index (χ1v) is 7.43. The van der Waals surface area contributed by atoms with Crippen molar-refractivity contribution in [3.63, 3.8) is 0 Å². The highest BCUT2D eigenvalue weighted by Crippen LogP contribution is 2.29. The van der Waals surface area contributed by atoms with E-state index in [-0.39, 0.29) is 0 Å². The molecule has 0 spiro atoms. The van der Waals surface area contributed by atoms with Crippen molar-refractivity contribution in [1.29, 1.82) is 0 Å². The van der Waals surface area contributed by atoms with E-state index in [0.29, 0.717) is 10.7 Å². The SMILES string of the molecule is Nc1cc(Cl)ccc1-c1nnnn1CCC1CCCC1. The number of benzene rings is 1. The normalized spacial score (nSPS) is 15.8. The number of nitrogen functional groups attached to an aromatic ring is 1. The molecule has 0 saturated heterocycles. The van der Waals surface area contributed by atoms with E-state index in [1.165, 1.54) is 25.7 Å². The zero-order valence-electron chi connectivity index (χ0n) is 11.3. The monoisotopic (exact) mass is 291 g/mol. The lowest BCUT2D eigenvalue weighted by atomic mass is 10.0. The zero-order valence-corrected chi connectivity index (χ0v) is 12.1. The standard InChI is InChI=1S/C14H18ClN5/c15-11-5-6-12(13(16)9-11)14-17-18-19-20(14)8-7-10-3-1-2-4-10/h5-6,9-10H,1-4,7-8,16H2. The van der Waals surface area contributed by atoms with Crippen molar-refractivity contribution in [2.75, 3.05) is 5.73 Å². The van der Waals surface area contributed by atoms with Gasteiger partial charge in [0.05, 0.1) is 0 Å². The van der Waals surface area contributed by atoms with E-state index in [0.717, 1.165) is 30.3 Å². The molecule has 0 aliphatic heterocycles. The van der Waals surface area contributed by atoms with Crippen molar-refractivity contribution in [2.45, 2.75) is 38.6 Å². The summed E-state index contributed by atoms with van der Waals surface area (Å²) in [4.78, 5) is 0. The van der Waals surface area contributed by atoms with Gasteiger partial charge in [0, 0.05) is 22.8 Å². The molecule has 20 heavy (non-hydrogen) atoms. The molecule has 1 aromatic carbocycles. The number of anilines is 1. The van der Waals surface area contributed by atoms with Crippen LogP contribution in [-0.4, -0.2) is 20.2 Å². The van der Waals surface area contributed by atoms with Crippen molar-refractivity contribution >= 4 is 17.3 Å². The van der Waals surface area contributed by atoms with E-state index in [2.05, 4.69) is 15.5 Å². The van der Waals surface area contributed by atoms with E-state index >= 15 is 0 Å². The summed E-state index contributed by atoms with van der Waals surface area (Å²) in [7, 11) is 0. The number of tetrazole rings is 1. The number of rotatable bonds is 4. The van der Waals surface area contributed by atoms with E-state index in [1.807, 2.05) is 16.8 Å². The summed E-state index contributed by atoms with van der Waals surface area (Å²) in [5.41, 5.74) is 7.45. The van der Waals surface area contributed by atoms with Crippen LogP contribution in [0.3, 0.4) is 0 Å². The highest BCUT2D eigenvalue weighted by molar-refractivity contribution is 6.31. The van der Waals surface area contributed by atoms with Gasteiger partial charge in [-0.15, -0.1) is 5.10 Å². The molecule has 106 valence electrons. The molecular formula is C14H18ClN5. The second-order valence-corrected chi connectivity index (χ2v) is 5.83. The van der Waals surface area contributed by atoms with Gasteiger partial charge in [0.25, 0.3) is 0 Å². The number of halogens is 1. The lowest BCUT2D eigenvalue weighted by Crippen LogP contribution is -2.07.